The third kappa shape index (κ3) is 7.70. The molecule has 4 rings (SSSR count). The molecule has 0 saturated carbocycles. The lowest BCUT2D eigenvalue weighted by molar-refractivity contribution is -0.146. The van der Waals surface area contributed by atoms with Crippen molar-refractivity contribution in [2.75, 3.05) is 33.4 Å². The van der Waals surface area contributed by atoms with Crippen molar-refractivity contribution in [2.45, 2.75) is 30.1 Å². The number of methoxy groups -OCH3 is 1. The van der Waals surface area contributed by atoms with E-state index in [2.05, 4.69) is 5.32 Å². The Morgan fingerprint density at radius 3 is 2.33 bits per heavy atom. The minimum Gasteiger partial charge on any atom is -0.497 e. The molecule has 1 aliphatic heterocycles. The molecule has 10 heteroatoms. The van der Waals surface area contributed by atoms with Gasteiger partial charge in [-0.15, -0.1) is 0 Å². The minimum absolute atomic E-state index is 0.000472. The molecule has 0 spiro atoms. The van der Waals surface area contributed by atoms with Crippen LogP contribution in [0.5, 0.6) is 5.75 Å². The lowest BCUT2D eigenvalue weighted by atomic mass is 9.93. The predicted molar refractivity (Wildman–Crippen MR) is 150 cm³/mol. The number of rotatable bonds is 13. The van der Waals surface area contributed by atoms with E-state index in [-0.39, 0.29) is 48.8 Å². The Hall–Kier alpha value is -3.70. The van der Waals surface area contributed by atoms with E-state index in [0.29, 0.717) is 18.7 Å². The molecule has 0 aliphatic carbocycles. The molecular weight excluding hydrogens is 532 g/mol. The monoisotopic (exact) mass is 566 g/mol. The maximum Gasteiger partial charge on any atom is 0.286 e. The van der Waals surface area contributed by atoms with E-state index in [1.54, 1.807) is 18.2 Å². The van der Waals surface area contributed by atoms with Gasteiger partial charge in [-0.2, -0.15) is 4.31 Å². The minimum atomic E-state index is -3.88. The van der Waals surface area contributed by atoms with Crippen molar-refractivity contribution >= 4 is 15.9 Å². The summed E-state index contributed by atoms with van der Waals surface area (Å²) in [5.41, 5.74) is 1.97. The van der Waals surface area contributed by atoms with Crippen LogP contribution >= 0.6 is 0 Å². The molecule has 0 fully saturated rings. The van der Waals surface area contributed by atoms with Crippen LogP contribution in [-0.2, 0) is 30.8 Å². The number of aliphatic hydroxyl groups excluding tert-OH is 1. The third-order valence-electron chi connectivity index (χ3n) is 6.50. The zero-order valence-corrected chi connectivity index (χ0v) is 23.1. The fourth-order valence-corrected chi connectivity index (χ4v) is 5.78. The van der Waals surface area contributed by atoms with Crippen LogP contribution in [0.4, 0.5) is 0 Å². The first-order valence-corrected chi connectivity index (χ1v) is 14.5. The summed E-state index contributed by atoms with van der Waals surface area (Å²) < 4.78 is 44.6. The summed E-state index contributed by atoms with van der Waals surface area (Å²) in [6.45, 7) is -0.103. The molecule has 1 amide bonds. The highest BCUT2D eigenvalue weighted by Crippen LogP contribution is 2.31. The van der Waals surface area contributed by atoms with Gasteiger partial charge in [0.05, 0.1) is 25.2 Å². The quantitative estimate of drug-likeness (QED) is 0.326. The number of allylic oxidation sites excluding steroid dienone is 1. The van der Waals surface area contributed by atoms with Crippen LogP contribution in [0.3, 0.4) is 0 Å². The zero-order chi connectivity index (χ0) is 28.4. The lowest BCUT2D eigenvalue weighted by Gasteiger charge is -2.30. The maximum absolute atomic E-state index is 13.2. The fraction of sp³-hybridized carbons (Fsp3) is 0.300. The number of amides is 1. The van der Waals surface area contributed by atoms with Gasteiger partial charge in [-0.1, -0.05) is 60.7 Å². The largest absolute Gasteiger partial charge is 0.497 e. The van der Waals surface area contributed by atoms with Crippen molar-refractivity contribution in [3.63, 3.8) is 0 Å². The lowest BCUT2D eigenvalue weighted by Crippen LogP contribution is -2.38. The van der Waals surface area contributed by atoms with Gasteiger partial charge in [0.25, 0.3) is 5.91 Å². The Balaban J connectivity index is 1.43. The molecule has 40 heavy (non-hydrogen) atoms. The van der Waals surface area contributed by atoms with Crippen molar-refractivity contribution in [3.8, 4) is 5.75 Å². The Kier molecular flexibility index (Phi) is 10.3. The van der Waals surface area contributed by atoms with Crippen molar-refractivity contribution in [1.82, 2.24) is 9.62 Å². The molecule has 2 N–H and O–H groups in total. The van der Waals surface area contributed by atoms with E-state index in [0.717, 1.165) is 15.4 Å². The first kappa shape index (κ1) is 29.3. The molecule has 0 bridgehead atoms. The SMILES string of the molecule is COc1ccc(S(=O)(=O)N(CCO)CCO[C@H]2C[C@@H](c3ccccc3)C=C(C(=O)NCc3ccccc3)O2)cc1. The number of hydrogen-bond acceptors (Lipinski definition) is 7. The Morgan fingerprint density at radius 1 is 1.00 bits per heavy atom. The molecule has 1 aliphatic rings. The average Bonchev–Trinajstić information content (AvgIpc) is 3.00. The summed E-state index contributed by atoms with van der Waals surface area (Å²) >= 11 is 0. The fourth-order valence-electron chi connectivity index (χ4n) is 4.36. The second kappa shape index (κ2) is 14.1. The molecule has 9 nitrogen and oxygen atoms in total. The summed E-state index contributed by atoms with van der Waals surface area (Å²) in [5, 5.41) is 12.4. The standard InChI is InChI=1S/C30H34N2O7S/c1-37-26-12-14-27(15-13-26)40(35,36)32(16-18-33)17-19-38-29-21-25(24-10-6-3-7-11-24)20-28(39-29)30(34)31-22-23-8-4-2-5-9-23/h2-15,20,25,29,33H,16-19,21-22H2,1H3,(H,31,34)/t25-,29+/m0/s1. The van der Waals surface area contributed by atoms with Crippen LogP contribution in [0.25, 0.3) is 0 Å². The van der Waals surface area contributed by atoms with Crippen LogP contribution in [0, 0.1) is 0 Å². The first-order chi connectivity index (χ1) is 19.4. The van der Waals surface area contributed by atoms with E-state index >= 15 is 0 Å². The molecule has 2 atom stereocenters. The topological polar surface area (TPSA) is 114 Å². The number of carbonyl (C=O) groups excluding carboxylic acids is 1. The molecule has 0 saturated heterocycles. The van der Waals surface area contributed by atoms with Crippen LogP contribution in [0.1, 0.15) is 23.5 Å². The van der Waals surface area contributed by atoms with Gasteiger partial charge in [0, 0.05) is 32.0 Å². The van der Waals surface area contributed by atoms with Gasteiger partial charge in [-0.3, -0.25) is 4.79 Å². The van der Waals surface area contributed by atoms with Crippen LogP contribution in [-0.4, -0.2) is 63.4 Å². The maximum atomic E-state index is 13.2. The average molecular weight is 567 g/mol. The summed E-state index contributed by atoms with van der Waals surface area (Å²) in [4.78, 5) is 13.1. The molecule has 0 unspecified atom stereocenters. The summed E-state index contributed by atoms with van der Waals surface area (Å²) in [6.07, 6.45) is 1.47. The van der Waals surface area contributed by atoms with Gasteiger partial charge in [0.2, 0.25) is 16.3 Å². The molecule has 0 aromatic heterocycles. The number of hydrogen-bond donors (Lipinski definition) is 2. The van der Waals surface area contributed by atoms with Gasteiger partial charge in [-0.05, 0) is 41.5 Å². The van der Waals surface area contributed by atoms with Gasteiger partial charge in [-0.25, -0.2) is 8.42 Å². The van der Waals surface area contributed by atoms with Crippen LogP contribution in [0.2, 0.25) is 0 Å². The van der Waals surface area contributed by atoms with Gasteiger partial charge < -0.3 is 24.6 Å². The number of benzene rings is 3. The third-order valence-corrected chi connectivity index (χ3v) is 8.41. The Labute approximate surface area is 235 Å². The smallest absolute Gasteiger partial charge is 0.286 e. The van der Waals surface area contributed by atoms with Gasteiger partial charge in [0.1, 0.15) is 5.75 Å². The number of nitrogens with one attached hydrogen (secondary N) is 1. The van der Waals surface area contributed by atoms with Gasteiger partial charge in [0.15, 0.2) is 5.76 Å². The summed E-state index contributed by atoms with van der Waals surface area (Å²) in [5.74, 6) is 0.199. The predicted octanol–water partition coefficient (Wildman–Crippen LogP) is 3.43. The molecule has 3 aromatic rings. The van der Waals surface area contributed by atoms with E-state index in [9.17, 15) is 18.3 Å². The Bertz CT molecular complexity index is 1360. The highest BCUT2D eigenvalue weighted by molar-refractivity contribution is 7.89. The number of ether oxygens (including phenoxy) is 3. The first-order valence-electron chi connectivity index (χ1n) is 13.0. The summed E-state index contributed by atoms with van der Waals surface area (Å²) in [7, 11) is -2.38. The highest BCUT2D eigenvalue weighted by Gasteiger charge is 2.30. The molecule has 3 aromatic carbocycles. The number of nitrogens with zero attached hydrogens (tertiary/aromatic N) is 1. The second-order valence-corrected chi connectivity index (χ2v) is 11.1. The molecule has 1 heterocycles. The van der Waals surface area contributed by atoms with Crippen molar-refractivity contribution in [3.05, 3.63) is 108 Å². The van der Waals surface area contributed by atoms with Crippen molar-refractivity contribution < 1.29 is 32.5 Å². The van der Waals surface area contributed by atoms with Crippen molar-refractivity contribution in [1.29, 1.82) is 0 Å². The molecular formula is C30H34N2O7S. The van der Waals surface area contributed by atoms with E-state index < -0.39 is 16.3 Å². The second-order valence-electron chi connectivity index (χ2n) is 9.17. The number of carbonyl (C=O) groups is 1. The molecule has 0 radical (unpaired) electrons. The van der Waals surface area contributed by atoms with E-state index in [4.69, 9.17) is 14.2 Å². The van der Waals surface area contributed by atoms with Crippen LogP contribution < -0.4 is 10.1 Å². The number of sulfonamides is 1. The van der Waals surface area contributed by atoms with Crippen LogP contribution in [0.15, 0.2) is 102 Å². The van der Waals surface area contributed by atoms with E-state index in [1.807, 2.05) is 60.7 Å². The normalized spacial score (nSPS) is 17.1. The summed E-state index contributed by atoms with van der Waals surface area (Å²) in [6, 6.07) is 25.4. The number of aliphatic hydroxyl groups is 1. The zero-order valence-electron chi connectivity index (χ0n) is 22.3. The van der Waals surface area contributed by atoms with Gasteiger partial charge >= 0.3 is 0 Å². The molecule has 212 valence electrons. The van der Waals surface area contributed by atoms with Crippen molar-refractivity contribution in [2.24, 2.45) is 0 Å². The Morgan fingerprint density at radius 2 is 1.68 bits per heavy atom. The highest BCUT2D eigenvalue weighted by atomic mass is 32.2. The van der Waals surface area contributed by atoms with E-state index in [1.165, 1.54) is 19.2 Å².